The molecule has 124 valence electrons. The third-order valence-electron chi connectivity index (χ3n) is 3.47. The van der Waals surface area contributed by atoms with E-state index in [0.29, 0.717) is 11.4 Å². The van der Waals surface area contributed by atoms with Crippen molar-refractivity contribution in [3.05, 3.63) is 70.3 Å². The Morgan fingerprint density at radius 3 is 2.75 bits per heavy atom. The number of aryl methyl sites for hydroxylation is 1. The number of benzene rings is 1. The predicted molar refractivity (Wildman–Crippen MR) is 96.0 cm³/mol. The number of sulfonamides is 1. The molecule has 0 saturated heterocycles. The first-order chi connectivity index (χ1) is 11.5. The maximum absolute atomic E-state index is 12.3. The summed E-state index contributed by atoms with van der Waals surface area (Å²) < 4.78 is 27.3. The summed E-state index contributed by atoms with van der Waals surface area (Å²) >= 11 is 1.56. The standard InChI is InChI=1S/C17H17N3O2S2/c1-13-3-2-4-14(9-13)12-24(21,22)20-10-16-17(19-7-6-18-16)15-5-8-23-11-15/h2-9,11,20H,10,12H2,1H3. The number of nitrogens with one attached hydrogen (secondary N) is 1. The van der Waals surface area contributed by atoms with Gasteiger partial charge < -0.3 is 0 Å². The Balaban J connectivity index is 1.74. The second kappa shape index (κ2) is 7.21. The molecular formula is C17H17N3O2S2. The summed E-state index contributed by atoms with van der Waals surface area (Å²) in [4.78, 5) is 8.60. The van der Waals surface area contributed by atoms with E-state index in [1.807, 2.05) is 48.0 Å². The first-order valence-corrected chi connectivity index (χ1v) is 9.98. The van der Waals surface area contributed by atoms with Gasteiger partial charge in [-0.05, 0) is 23.9 Å². The van der Waals surface area contributed by atoms with Crippen molar-refractivity contribution >= 4 is 21.4 Å². The molecule has 2 heterocycles. The highest BCUT2D eigenvalue weighted by Gasteiger charge is 2.14. The molecule has 1 aromatic carbocycles. The number of hydrogen-bond acceptors (Lipinski definition) is 5. The molecule has 2 aromatic heterocycles. The van der Waals surface area contributed by atoms with Gasteiger partial charge >= 0.3 is 0 Å². The normalized spacial score (nSPS) is 11.5. The van der Waals surface area contributed by atoms with Gasteiger partial charge in [-0.3, -0.25) is 9.97 Å². The molecule has 0 aliphatic carbocycles. The number of aromatic nitrogens is 2. The smallest absolute Gasteiger partial charge is 0.216 e. The van der Waals surface area contributed by atoms with Crippen molar-refractivity contribution in [2.75, 3.05) is 0 Å². The fourth-order valence-electron chi connectivity index (χ4n) is 2.39. The van der Waals surface area contributed by atoms with Crippen molar-refractivity contribution in [3.63, 3.8) is 0 Å². The van der Waals surface area contributed by atoms with Crippen LogP contribution in [0.25, 0.3) is 11.3 Å². The summed E-state index contributed by atoms with van der Waals surface area (Å²) in [5.74, 6) is -0.0529. The molecule has 0 fully saturated rings. The number of nitrogens with zero attached hydrogens (tertiary/aromatic N) is 2. The van der Waals surface area contributed by atoms with Crippen LogP contribution in [-0.4, -0.2) is 18.4 Å². The third-order valence-corrected chi connectivity index (χ3v) is 5.45. The molecule has 0 unspecified atom stereocenters. The molecule has 0 saturated carbocycles. The molecule has 0 aliphatic rings. The van der Waals surface area contributed by atoms with Gasteiger partial charge in [0.1, 0.15) is 0 Å². The monoisotopic (exact) mass is 359 g/mol. The lowest BCUT2D eigenvalue weighted by molar-refractivity contribution is 0.579. The van der Waals surface area contributed by atoms with E-state index < -0.39 is 10.0 Å². The summed E-state index contributed by atoms with van der Waals surface area (Å²) in [6.07, 6.45) is 3.18. The van der Waals surface area contributed by atoms with Crippen molar-refractivity contribution in [2.24, 2.45) is 0 Å². The van der Waals surface area contributed by atoms with Crippen LogP contribution in [0.15, 0.2) is 53.5 Å². The van der Waals surface area contributed by atoms with Gasteiger partial charge in [0.25, 0.3) is 0 Å². The Kier molecular flexibility index (Phi) is 5.03. The Bertz CT molecular complexity index is 923. The average molecular weight is 359 g/mol. The van der Waals surface area contributed by atoms with Gasteiger partial charge in [-0.1, -0.05) is 29.8 Å². The zero-order valence-corrected chi connectivity index (χ0v) is 14.8. The summed E-state index contributed by atoms with van der Waals surface area (Å²) in [5, 5.41) is 3.92. The lowest BCUT2D eigenvalue weighted by Crippen LogP contribution is -2.25. The Morgan fingerprint density at radius 1 is 1.17 bits per heavy atom. The molecule has 0 aliphatic heterocycles. The van der Waals surface area contributed by atoms with E-state index in [2.05, 4.69) is 14.7 Å². The number of thiophene rings is 1. The van der Waals surface area contributed by atoms with Crippen LogP contribution in [0, 0.1) is 6.92 Å². The largest absolute Gasteiger partial charge is 0.256 e. The third kappa shape index (κ3) is 4.25. The minimum absolute atomic E-state index is 0.0529. The minimum Gasteiger partial charge on any atom is -0.256 e. The fraction of sp³-hybridized carbons (Fsp3) is 0.176. The van der Waals surface area contributed by atoms with Crippen molar-refractivity contribution < 1.29 is 8.42 Å². The summed E-state index contributed by atoms with van der Waals surface area (Å²) in [7, 11) is -3.45. The highest BCUT2D eigenvalue weighted by molar-refractivity contribution is 7.88. The molecule has 1 N–H and O–H groups in total. The lowest BCUT2D eigenvalue weighted by Gasteiger charge is -2.09. The first-order valence-electron chi connectivity index (χ1n) is 7.39. The van der Waals surface area contributed by atoms with Crippen LogP contribution in [0.5, 0.6) is 0 Å². The van der Waals surface area contributed by atoms with Crippen molar-refractivity contribution in [2.45, 2.75) is 19.2 Å². The van der Waals surface area contributed by atoms with E-state index >= 15 is 0 Å². The summed E-state index contributed by atoms with van der Waals surface area (Å²) in [5.41, 5.74) is 4.07. The van der Waals surface area contributed by atoms with Gasteiger partial charge in [-0.15, -0.1) is 0 Å². The Morgan fingerprint density at radius 2 is 2.00 bits per heavy atom. The van der Waals surface area contributed by atoms with E-state index in [9.17, 15) is 8.42 Å². The van der Waals surface area contributed by atoms with Gasteiger partial charge in [-0.25, -0.2) is 13.1 Å². The summed E-state index contributed by atoms with van der Waals surface area (Å²) in [6.45, 7) is 2.06. The maximum Gasteiger partial charge on any atom is 0.216 e. The molecule has 7 heteroatoms. The number of rotatable bonds is 6. The minimum atomic E-state index is -3.45. The van der Waals surface area contributed by atoms with Gasteiger partial charge in [-0.2, -0.15) is 11.3 Å². The molecule has 0 spiro atoms. The average Bonchev–Trinajstić information content (AvgIpc) is 3.07. The molecular weight excluding hydrogens is 342 g/mol. The summed E-state index contributed by atoms with van der Waals surface area (Å²) in [6, 6.07) is 9.43. The van der Waals surface area contributed by atoms with Gasteiger partial charge in [0.15, 0.2) is 0 Å². The van der Waals surface area contributed by atoms with Gasteiger partial charge in [0, 0.05) is 23.3 Å². The van der Waals surface area contributed by atoms with Crippen LogP contribution in [0.1, 0.15) is 16.8 Å². The second-order valence-corrected chi connectivity index (χ2v) is 8.02. The Labute approximate surface area is 145 Å². The van der Waals surface area contributed by atoms with E-state index in [4.69, 9.17) is 0 Å². The quantitative estimate of drug-likeness (QED) is 0.734. The van der Waals surface area contributed by atoms with Gasteiger partial charge in [0.2, 0.25) is 10.0 Å². The van der Waals surface area contributed by atoms with Gasteiger partial charge in [0.05, 0.1) is 23.7 Å². The topological polar surface area (TPSA) is 72.0 Å². The zero-order valence-electron chi connectivity index (χ0n) is 13.1. The first kappa shape index (κ1) is 16.8. The lowest BCUT2D eigenvalue weighted by atomic mass is 10.2. The van der Waals surface area contributed by atoms with Crippen LogP contribution in [0.2, 0.25) is 0 Å². The van der Waals surface area contributed by atoms with Crippen molar-refractivity contribution in [1.29, 1.82) is 0 Å². The molecule has 24 heavy (non-hydrogen) atoms. The molecule has 3 rings (SSSR count). The Hall–Kier alpha value is -2.09. The zero-order chi connectivity index (χ0) is 17.0. The molecule has 0 bridgehead atoms. The van der Waals surface area contributed by atoms with E-state index in [1.54, 1.807) is 23.7 Å². The molecule has 0 amide bonds. The molecule has 0 radical (unpaired) electrons. The van der Waals surface area contributed by atoms with E-state index in [0.717, 1.165) is 16.7 Å². The highest BCUT2D eigenvalue weighted by Crippen LogP contribution is 2.22. The second-order valence-electron chi connectivity index (χ2n) is 5.43. The van der Waals surface area contributed by atoms with Crippen LogP contribution in [-0.2, 0) is 22.3 Å². The predicted octanol–water partition coefficient (Wildman–Crippen LogP) is 3.13. The molecule has 0 atom stereocenters. The van der Waals surface area contributed by atoms with E-state index in [-0.39, 0.29) is 12.3 Å². The van der Waals surface area contributed by atoms with Crippen LogP contribution >= 0.6 is 11.3 Å². The van der Waals surface area contributed by atoms with Crippen molar-refractivity contribution in [3.8, 4) is 11.3 Å². The fourth-order valence-corrected chi connectivity index (χ4v) is 4.10. The van der Waals surface area contributed by atoms with E-state index in [1.165, 1.54) is 0 Å². The van der Waals surface area contributed by atoms with Crippen molar-refractivity contribution in [1.82, 2.24) is 14.7 Å². The maximum atomic E-state index is 12.3. The molecule has 5 nitrogen and oxygen atoms in total. The van der Waals surface area contributed by atoms with Crippen LogP contribution in [0.3, 0.4) is 0 Å². The highest BCUT2D eigenvalue weighted by atomic mass is 32.2. The SMILES string of the molecule is Cc1cccc(CS(=O)(=O)NCc2nccnc2-c2ccsc2)c1. The van der Waals surface area contributed by atoms with Crippen LogP contribution < -0.4 is 4.72 Å². The van der Waals surface area contributed by atoms with Crippen LogP contribution in [0.4, 0.5) is 0 Å². The number of hydrogen-bond donors (Lipinski definition) is 1. The molecule has 3 aromatic rings.